The summed E-state index contributed by atoms with van der Waals surface area (Å²) in [6.45, 7) is 6.33. The Bertz CT molecular complexity index is 113. The Morgan fingerprint density at radius 3 is 2.42 bits per heavy atom. The smallest absolute Gasteiger partial charge is 0.0623 e. The van der Waals surface area contributed by atoms with Gasteiger partial charge in [0.15, 0.2) is 0 Å². The van der Waals surface area contributed by atoms with Crippen molar-refractivity contribution in [2.24, 2.45) is 0 Å². The van der Waals surface area contributed by atoms with Gasteiger partial charge in [0, 0.05) is 6.54 Å². The number of aliphatic hydroxyl groups excluding tert-OH is 1. The first kappa shape index (κ1) is 11.9. The SMILES string of the molecule is CCCN(C)CC(C)(CO)NC. The highest BCUT2D eigenvalue weighted by Gasteiger charge is 2.21. The fraction of sp³-hybridized carbons (Fsp3) is 1.00. The summed E-state index contributed by atoms with van der Waals surface area (Å²) >= 11 is 0. The molecule has 1 atom stereocenters. The predicted molar refractivity (Wildman–Crippen MR) is 52.3 cm³/mol. The van der Waals surface area contributed by atoms with Crippen LogP contribution in [0.2, 0.25) is 0 Å². The summed E-state index contributed by atoms with van der Waals surface area (Å²) in [5.41, 5.74) is -0.163. The fourth-order valence-corrected chi connectivity index (χ4v) is 1.26. The molecule has 0 saturated heterocycles. The van der Waals surface area contributed by atoms with Gasteiger partial charge in [-0.2, -0.15) is 0 Å². The summed E-state index contributed by atoms with van der Waals surface area (Å²) in [4.78, 5) is 2.23. The molecule has 0 saturated carbocycles. The van der Waals surface area contributed by atoms with Gasteiger partial charge in [0.1, 0.15) is 0 Å². The zero-order chi connectivity index (χ0) is 9.61. The van der Waals surface area contributed by atoms with Gasteiger partial charge in [-0.3, -0.25) is 0 Å². The van der Waals surface area contributed by atoms with Gasteiger partial charge in [0.05, 0.1) is 12.1 Å². The molecule has 0 amide bonds. The quantitative estimate of drug-likeness (QED) is 0.608. The lowest BCUT2D eigenvalue weighted by atomic mass is 10.0. The zero-order valence-corrected chi connectivity index (χ0v) is 8.72. The van der Waals surface area contributed by atoms with Gasteiger partial charge in [-0.25, -0.2) is 0 Å². The van der Waals surface area contributed by atoms with E-state index in [0.29, 0.717) is 0 Å². The van der Waals surface area contributed by atoms with Gasteiger partial charge in [0.2, 0.25) is 0 Å². The van der Waals surface area contributed by atoms with Crippen molar-refractivity contribution in [1.29, 1.82) is 0 Å². The number of hydrogen-bond donors (Lipinski definition) is 2. The van der Waals surface area contributed by atoms with Gasteiger partial charge in [-0.15, -0.1) is 0 Å². The molecule has 0 spiro atoms. The highest BCUT2D eigenvalue weighted by molar-refractivity contribution is 4.83. The summed E-state index contributed by atoms with van der Waals surface area (Å²) in [6.07, 6.45) is 1.15. The molecular weight excluding hydrogens is 152 g/mol. The monoisotopic (exact) mass is 174 g/mol. The summed E-state index contributed by atoms with van der Waals surface area (Å²) < 4.78 is 0. The molecule has 0 bridgehead atoms. The molecule has 0 radical (unpaired) electrons. The normalized spacial score (nSPS) is 16.5. The van der Waals surface area contributed by atoms with Crippen LogP contribution in [0, 0.1) is 0 Å². The van der Waals surface area contributed by atoms with Crippen molar-refractivity contribution in [3.8, 4) is 0 Å². The van der Waals surface area contributed by atoms with Crippen LogP contribution in [-0.4, -0.2) is 49.3 Å². The number of nitrogens with zero attached hydrogens (tertiary/aromatic N) is 1. The number of likely N-dealkylation sites (N-methyl/N-ethyl adjacent to an activating group) is 2. The minimum absolute atomic E-state index is 0.163. The molecule has 3 heteroatoms. The minimum atomic E-state index is -0.163. The molecule has 0 aliphatic heterocycles. The average Bonchev–Trinajstić information content (AvgIpc) is 2.05. The second-order valence-electron chi connectivity index (χ2n) is 3.71. The maximum atomic E-state index is 9.11. The van der Waals surface area contributed by atoms with E-state index in [2.05, 4.69) is 24.2 Å². The Balaban J connectivity index is 3.84. The van der Waals surface area contributed by atoms with E-state index in [1.165, 1.54) is 0 Å². The van der Waals surface area contributed by atoms with Gasteiger partial charge in [0.25, 0.3) is 0 Å². The fourth-order valence-electron chi connectivity index (χ4n) is 1.26. The highest BCUT2D eigenvalue weighted by Crippen LogP contribution is 2.03. The van der Waals surface area contributed by atoms with E-state index < -0.39 is 0 Å². The molecule has 0 aliphatic rings. The Morgan fingerprint density at radius 1 is 1.50 bits per heavy atom. The summed E-state index contributed by atoms with van der Waals surface area (Å²) in [5, 5.41) is 12.2. The molecular formula is C9H22N2O. The highest BCUT2D eigenvalue weighted by atomic mass is 16.3. The maximum Gasteiger partial charge on any atom is 0.0623 e. The Morgan fingerprint density at radius 2 is 2.08 bits per heavy atom. The maximum absolute atomic E-state index is 9.11. The molecule has 0 heterocycles. The van der Waals surface area contributed by atoms with Gasteiger partial charge >= 0.3 is 0 Å². The van der Waals surface area contributed by atoms with Crippen molar-refractivity contribution in [3.63, 3.8) is 0 Å². The predicted octanol–water partition coefficient (Wildman–Crippen LogP) is 0.299. The lowest BCUT2D eigenvalue weighted by molar-refractivity contribution is 0.139. The molecule has 0 aliphatic carbocycles. The Kier molecular flexibility index (Phi) is 5.46. The molecule has 0 aromatic heterocycles. The first-order chi connectivity index (χ1) is 5.58. The van der Waals surface area contributed by atoms with E-state index in [0.717, 1.165) is 19.5 Å². The van der Waals surface area contributed by atoms with E-state index in [1.54, 1.807) is 0 Å². The van der Waals surface area contributed by atoms with Gasteiger partial charge in [-0.05, 0) is 34.0 Å². The molecule has 0 fully saturated rings. The van der Waals surface area contributed by atoms with Crippen molar-refractivity contribution in [1.82, 2.24) is 10.2 Å². The number of rotatable bonds is 6. The summed E-state index contributed by atoms with van der Waals surface area (Å²) in [6, 6.07) is 0. The zero-order valence-electron chi connectivity index (χ0n) is 8.72. The van der Waals surface area contributed by atoms with Crippen LogP contribution < -0.4 is 5.32 Å². The number of nitrogens with one attached hydrogen (secondary N) is 1. The molecule has 0 aromatic carbocycles. The summed E-state index contributed by atoms with van der Waals surface area (Å²) in [5.74, 6) is 0. The first-order valence-electron chi connectivity index (χ1n) is 4.56. The van der Waals surface area contributed by atoms with Crippen LogP contribution in [0.1, 0.15) is 20.3 Å². The van der Waals surface area contributed by atoms with Crippen LogP contribution in [0.4, 0.5) is 0 Å². The third kappa shape index (κ3) is 4.04. The van der Waals surface area contributed by atoms with E-state index in [1.807, 2.05) is 14.0 Å². The summed E-state index contributed by atoms with van der Waals surface area (Å²) in [7, 11) is 3.96. The van der Waals surface area contributed by atoms with Crippen LogP contribution in [0.5, 0.6) is 0 Å². The van der Waals surface area contributed by atoms with E-state index in [4.69, 9.17) is 5.11 Å². The van der Waals surface area contributed by atoms with Crippen LogP contribution in [0.25, 0.3) is 0 Å². The molecule has 1 unspecified atom stereocenters. The van der Waals surface area contributed by atoms with Crippen LogP contribution in [-0.2, 0) is 0 Å². The first-order valence-corrected chi connectivity index (χ1v) is 4.56. The molecule has 2 N–H and O–H groups in total. The van der Waals surface area contributed by atoms with Crippen LogP contribution in [0.3, 0.4) is 0 Å². The molecule has 12 heavy (non-hydrogen) atoms. The molecule has 0 aromatic rings. The number of hydrogen-bond acceptors (Lipinski definition) is 3. The topological polar surface area (TPSA) is 35.5 Å². The molecule has 0 rings (SSSR count). The van der Waals surface area contributed by atoms with Crippen LogP contribution in [0.15, 0.2) is 0 Å². The standard InChI is InChI=1S/C9H22N2O/c1-5-6-11(4)7-9(2,8-12)10-3/h10,12H,5-8H2,1-4H3. The Labute approximate surface area is 75.8 Å². The van der Waals surface area contributed by atoms with E-state index in [9.17, 15) is 0 Å². The third-order valence-corrected chi connectivity index (χ3v) is 2.18. The molecule has 74 valence electrons. The minimum Gasteiger partial charge on any atom is -0.394 e. The number of aliphatic hydroxyl groups is 1. The van der Waals surface area contributed by atoms with Crippen molar-refractivity contribution < 1.29 is 5.11 Å². The van der Waals surface area contributed by atoms with Crippen molar-refractivity contribution in [3.05, 3.63) is 0 Å². The van der Waals surface area contributed by atoms with Crippen molar-refractivity contribution in [2.45, 2.75) is 25.8 Å². The van der Waals surface area contributed by atoms with E-state index >= 15 is 0 Å². The van der Waals surface area contributed by atoms with Gasteiger partial charge in [-0.1, -0.05) is 6.92 Å². The van der Waals surface area contributed by atoms with Crippen molar-refractivity contribution >= 4 is 0 Å². The average molecular weight is 174 g/mol. The second-order valence-corrected chi connectivity index (χ2v) is 3.71. The lowest BCUT2D eigenvalue weighted by Crippen LogP contribution is -2.51. The van der Waals surface area contributed by atoms with Gasteiger partial charge < -0.3 is 15.3 Å². The van der Waals surface area contributed by atoms with E-state index in [-0.39, 0.29) is 12.1 Å². The third-order valence-electron chi connectivity index (χ3n) is 2.18. The lowest BCUT2D eigenvalue weighted by Gasteiger charge is -2.31. The van der Waals surface area contributed by atoms with Crippen LogP contribution >= 0.6 is 0 Å². The Hall–Kier alpha value is -0.120. The largest absolute Gasteiger partial charge is 0.394 e. The van der Waals surface area contributed by atoms with Crippen molar-refractivity contribution in [2.75, 3.05) is 33.8 Å². The molecule has 3 nitrogen and oxygen atoms in total. The second kappa shape index (κ2) is 5.51.